The number of pyridine rings is 1. The number of hydrogen-bond acceptors (Lipinski definition) is 5. The Morgan fingerprint density at radius 3 is 3.15 bits per heavy atom. The number of carbonyl (C=O) groups excluding carboxylic acids is 1. The number of fused-ring (bicyclic) bond motifs is 1. The molecule has 0 spiro atoms. The maximum Gasteiger partial charge on any atom is 0.261 e. The largest absolute Gasteiger partial charge is 0.346 e. The maximum atomic E-state index is 13.0. The lowest BCUT2D eigenvalue weighted by atomic mass is 10.2. The minimum Gasteiger partial charge on any atom is -0.346 e. The highest BCUT2D eigenvalue weighted by Gasteiger charge is 2.26. The summed E-state index contributed by atoms with van der Waals surface area (Å²) in [6.45, 7) is 4.43. The molecule has 4 rings (SSSR count). The lowest BCUT2D eigenvalue weighted by molar-refractivity contribution is -0.126. The number of aryl methyl sites for hydroxylation is 1. The van der Waals surface area contributed by atoms with Gasteiger partial charge >= 0.3 is 0 Å². The number of likely N-dealkylation sites (tertiary alicyclic amines) is 1. The Morgan fingerprint density at radius 2 is 2.27 bits per heavy atom. The number of hydrogen-bond donors (Lipinski definition) is 2. The minimum absolute atomic E-state index is 0.0917. The molecule has 138 valence electrons. The van der Waals surface area contributed by atoms with Gasteiger partial charge in [0.25, 0.3) is 5.91 Å². The molecule has 0 radical (unpaired) electrons. The zero-order chi connectivity index (χ0) is 18.1. The van der Waals surface area contributed by atoms with Crippen LogP contribution in [-0.2, 0) is 4.79 Å². The van der Waals surface area contributed by atoms with Crippen molar-refractivity contribution in [3.05, 3.63) is 35.1 Å². The van der Waals surface area contributed by atoms with Crippen LogP contribution in [0.25, 0.3) is 11.0 Å². The summed E-state index contributed by atoms with van der Waals surface area (Å²) < 4.78 is 0. The van der Waals surface area contributed by atoms with E-state index in [1.54, 1.807) is 11.8 Å². The van der Waals surface area contributed by atoms with Crippen LogP contribution in [0.3, 0.4) is 0 Å². The topological polar surface area (TPSA) is 78.2 Å². The van der Waals surface area contributed by atoms with Crippen LogP contribution in [0.2, 0.25) is 0 Å². The van der Waals surface area contributed by atoms with E-state index in [9.17, 15) is 4.79 Å². The lowest BCUT2D eigenvalue weighted by Gasteiger charge is -2.29. The molecule has 2 aliphatic heterocycles. The van der Waals surface area contributed by atoms with Gasteiger partial charge in [0, 0.05) is 55.4 Å². The van der Waals surface area contributed by atoms with Crippen LogP contribution in [0.5, 0.6) is 0 Å². The maximum absolute atomic E-state index is 13.0. The number of nitrogens with two attached hydrogens (primary N) is 1. The van der Waals surface area contributed by atoms with Gasteiger partial charge in [0.2, 0.25) is 0 Å². The highest BCUT2D eigenvalue weighted by Crippen LogP contribution is 2.33. The summed E-state index contributed by atoms with van der Waals surface area (Å²) in [5.41, 5.74) is 9.30. The van der Waals surface area contributed by atoms with Gasteiger partial charge in [0.05, 0.1) is 10.6 Å². The molecule has 1 atom stereocenters. The van der Waals surface area contributed by atoms with Crippen molar-refractivity contribution in [1.82, 2.24) is 14.9 Å². The average molecular weight is 372 g/mol. The number of nitrogens with zero attached hydrogens (tertiary/aromatic N) is 3. The summed E-state index contributed by atoms with van der Waals surface area (Å²) in [6, 6.07) is 2.12. The van der Waals surface area contributed by atoms with E-state index >= 15 is 0 Å². The van der Waals surface area contributed by atoms with Crippen LogP contribution in [0.1, 0.15) is 24.8 Å². The van der Waals surface area contributed by atoms with Gasteiger partial charge < -0.3 is 20.5 Å². The fraction of sp³-hybridized carbons (Fsp3) is 0.474. The van der Waals surface area contributed by atoms with Gasteiger partial charge in [-0.2, -0.15) is 0 Å². The Hall–Kier alpha value is -1.99. The molecule has 6 nitrogen and oxygen atoms in total. The molecule has 1 amide bonds. The van der Waals surface area contributed by atoms with Crippen molar-refractivity contribution in [2.75, 3.05) is 30.3 Å². The molecule has 3 N–H and O–H groups in total. The van der Waals surface area contributed by atoms with E-state index in [-0.39, 0.29) is 11.9 Å². The predicted molar refractivity (Wildman–Crippen MR) is 107 cm³/mol. The highest BCUT2D eigenvalue weighted by molar-refractivity contribution is 8.04. The Morgan fingerprint density at radius 1 is 1.38 bits per heavy atom. The Bertz CT molecular complexity index is 846. The zero-order valence-electron chi connectivity index (χ0n) is 15.1. The SMILES string of the molecule is Cc1c[nH]c2nccc(N3C=C(C(=O)N4CCCC[C@@H](N)C4)SCC3)c12. The molecule has 0 bridgehead atoms. The summed E-state index contributed by atoms with van der Waals surface area (Å²) in [6.07, 6.45) is 8.95. The molecule has 2 aliphatic rings. The fourth-order valence-electron chi connectivity index (χ4n) is 3.76. The first-order valence-electron chi connectivity index (χ1n) is 9.22. The van der Waals surface area contributed by atoms with Crippen LogP contribution in [-0.4, -0.2) is 52.2 Å². The smallest absolute Gasteiger partial charge is 0.261 e. The Kier molecular flexibility index (Phi) is 4.91. The van der Waals surface area contributed by atoms with E-state index in [1.165, 1.54) is 5.56 Å². The van der Waals surface area contributed by atoms with Crippen molar-refractivity contribution in [3.63, 3.8) is 0 Å². The van der Waals surface area contributed by atoms with E-state index in [1.807, 2.05) is 29.6 Å². The van der Waals surface area contributed by atoms with E-state index in [0.717, 1.165) is 59.7 Å². The van der Waals surface area contributed by atoms with Crippen molar-refractivity contribution in [2.45, 2.75) is 32.2 Å². The molecule has 26 heavy (non-hydrogen) atoms. The molecule has 0 saturated carbocycles. The van der Waals surface area contributed by atoms with Crippen molar-refractivity contribution < 1.29 is 4.79 Å². The third-order valence-electron chi connectivity index (χ3n) is 5.13. The molecule has 2 aromatic rings. The Labute approximate surface area is 157 Å². The zero-order valence-corrected chi connectivity index (χ0v) is 15.9. The number of anilines is 1. The molecule has 2 aromatic heterocycles. The standard InChI is InChI=1S/C19H25N5OS/c1-13-10-22-18-17(13)15(5-6-21-18)23-8-9-26-16(12-23)19(25)24-7-3-2-4-14(20)11-24/h5-6,10,12,14H,2-4,7-9,11,20H2,1H3,(H,21,22)/t14-/m1/s1. The number of thioether (sulfide) groups is 1. The molecule has 1 fully saturated rings. The second-order valence-electron chi connectivity index (χ2n) is 7.07. The average Bonchev–Trinajstić information content (AvgIpc) is 2.91. The molecule has 0 unspecified atom stereocenters. The van der Waals surface area contributed by atoms with E-state index in [2.05, 4.69) is 21.8 Å². The number of carbonyl (C=O) groups is 1. The summed E-state index contributed by atoms with van der Waals surface area (Å²) in [5, 5.41) is 1.12. The number of aromatic amines is 1. The summed E-state index contributed by atoms with van der Waals surface area (Å²) >= 11 is 1.65. The van der Waals surface area contributed by atoms with Gasteiger partial charge in [-0.15, -0.1) is 11.8 Å². The molecule has 1 saturated heterocycles. The lowest BCUT2D eigenvalue weighted by Crippen LogP contribution is -2.41. The molecule has 7 heteroatoms. The van der Waals surface area contributed by atoms with Crippen molar-refractivity contribution in [2.24, 2.45) is 5.73 Å². The third kappa shape index (κ3) is 3.33. The summed E-state index contributed by atoms with van der Waals surface area (Å²) in [7, 11) is 0. The fourth-order valence-corrected chi connectivity index (χ4v) is 4.72. The van der Waals surface area contributed by atoms with E-state index in [0.29, 0.717) is 6.54 Å². The first-order valence-corrected chi connectivity index (χ1v) is 10.2. The van der Waals surface area contributed by atoms with Gasteiger partial charge in [-0.3, -0.25) is 4.79 Å². The van der Waals surface area contributed by atoms with E-state index in [4.69, 9.17) is 5.73 Å². The van der Waals surface area contributed by atoms with Crippen LogP contribution in [0, 0.1) is 6.92 Å². The number of amides is 1. The van der Waals surface area contributed by atoms with Gasteiger partial charge in [0.15, 0.2) is 0 Å². The quantitative estimate of drug-likeness (QED) is 0.848. The second-order valence-corrected chi connectivity index (χ2v) is 8.20. The Balaban J connectivity index is 1.63. The van der Waals surface area contributed by atoms with Gasteiger partial charge in [-0.1, -0.05) is 6.42 Å². The number of rotatable bonds is 2. The summed E-state index contributed by atoms with van der Waals surface area (Å²) in [5.74, 6) is 1.01. The first kappa shape index (κ1) is 17.4. The molecular formula is C19H25N5OS. The van der Waals surface area contributed by atoms with Crippen molar-refractivity contribution in [3.8, 4) is 0 Å². The van der Waals surface area contributed by atoms with Crippen LogP contribution >= 0.6 is 11.8 Å². The monoisotopic (exact) mass is 371 g/mol. The number of H-pyrrole nitrogens is 1. The molecule has 0 aromatic carbocycles. The summed E-state index contributed by atoms with van der Waals surface area (Å²) in [4.78, 5) is 25.6. The molecule has 4 heterocycles. The van der Waals surface area contributed by atoms with Crippen LogP contribution in [0.4, 0.5) is 5.69 Å². The van der Waals surface area contributed by atoms with Crippen molar-refractivity contribution in [1.29, 1.82) is 0 Å². The second kappa shape index (κ2) is 7.32. The first-order chi connectivity index (χ1) is 12.6. The van der Waals surface area contributed by atoms with E-state index < -0.39 is 0 Å². The van der Waals surface area contributed by atoms with Gasteiger partial charge in [-0.05, 0) is 31.4 Å². The van der Waals surface area contributed by atoms with Gasteiger partial charge in [0.1, 0.15) is 5.65 Å². The van der Waals surface area contributed by atoms with Crippen LogP contribution < -0.4 is 10.6 Å². The van der Waals surface area contributed by atoms with Gasteiger partial charge in [-0.25, -0.2) is 4.98 Å². The van der Waals surface area contributed by atoms with Crippen molar-refractivity contribution >= 4 is 34.4 Å². The normalized spacial score (nSPS) is 21.6. The molecular weight excluding hydrogens is 346 g/mol. The van der Waals surface area contributed by atoms with Crippen LogP contribution in [0.15, 0.2) is 29.6 Å². The highest BCUT2D eigenvalue weighted by atomic mass is 32.2. The predicted octanol–water partition coefficient (Wildman–Crippen LogP) is 2.61. The molecule has 0 aliphatic carbocycles. The minimum atomic E-state index is 0.0917. The number of nitrogens with one attached hydrogen (secondary N) is 1. The third-order valence-corrected chi connectivity index (χ3v) is 6.10. The number of aromatic nitrogens is 2.